The minimum Gasteiger partial charge on any atom is -0.481 e. The smallest absolute Gasteiger partial charge is 0.317 e. The van der Waals surface area contributed by atoms with Crippen LogP contribution < -0.4 is 5.32 Å². The fraction of sp³-hybridized carbons (Fsp3) is 0.846. The number of nitrogens with zero attached hydrogens (tertiary/aromatic N) is 1. The van der Waals surface area contributed by atoms with Crippen LogP contribution in [0.1, 0.15) is 26.7 Å². The van der Waals surface area contributed by atoms with Gasteiger partial charge in [-0.15, -0.1) is 0 Å². The molecule has 0 aromatic rings. The van der Waals surface area contributed by atoms with Crippen LogP contribution in [0.5, 0.6) is 0 Å². The highest BCUT2D eigenvalue weighted by Crippen LogP contribution is 2.21. The van der Waals surface area contributed by atoms with Gasteiger partial charge in [-0.05, 0) is 25.7 Å². The van der Waals surface area contributed by atoms with Gasteiger partial charge < -0.3 is 20.1 Å². The number of urea groups is 1. The number of piperidine rings is 1. The molecule has 19 heavy (non-hydrogen) atoms. The maximum atomic E-state index is 11.9. The largest absolute Gasteiger partial charge is 0.481 e. The van der Waals surface area contributed by atoms with Gasteiger partial charge in [0, 0.05) is 32.8 Å². The SMILES string of the molecule is CCOCCCNC(=O)N1CC(C)CC(C(=O)O)C1. The number of carbonyl (C=O) groups is 2. The normalized spacial score (nSPS) is 23.2. The molecular weight excluding hydrogens is 248 g/mol. The second-order valence-electron chi connectivity index (χ2n) is 5.06. The molecule has 2 unspecified atom stereocenters. The van der Waals surface area contributed by atoms with E-state index in [-0.39, 0.29) is 11.9 Å². The lowest BCUT2D eigenvalue weighted by Gasteiger charge is -2.34. The van der Waals surface area contributed by atoms with Crippen LogP contribution in [0.25, 0.3) is 0 Å². The van der Waals surface area contributed by atoms with Crippen molar-refractivity contribution in [1.29, 1.82) is 0 Å². The third-order valence-corrected chi connectivity index (χ3v) is 3.24. The number of likely N-dealkylation sites (tertiary alicyclic amines) is 1. The molecule has 1 saturated heterocycles. The highest BCUT2D eigenvalue weighted by atomic mass is 16.5. The van der Waals surface area contributed by atoms with Crippen molar-refractivity contribution in [2.75, 3.05) is 32.8 Å². The van der Waals surface area contributed by atoms with Gasteiger partial charge in [0.2, 0.25) is 0 Å². The maximum Gasteiger partial charge on any atom is 0.317 e. The zero-order valence-electron chi connectivity index (χ0n) is 11.7. The number of hydrogen-bond acceptors (Lipinski definition) is 3. The van der Waals surface area contributed by atoms with Gasteiger partial charge in [0.25, 0.3) is 0 Å². The zero-order chi connectivity index (χ0) is 14.3. The molecule has 0 aromatic carbocycles. The zero-order valence-corrected chi connectivity index (χ0v) is 11.7. The Hall–Kier alpha value is -1.30. The summed E-state index contributed by atoms with van der Waals surface area (Å²) < 4.78 is 5.18. The molecular formula is C13H24N2O4. The first-order valence-electron chi connectivity index (χ1n) is 6.87. The Labute approximate surface area is 114 Å². The van der Waals surface area contributed by atoms with Crippen molar-refractivity contribution in [3.05, 3.63) is 0 Å². The predicted molar refractivity (Wildman–Crippen MR) is 71.0 cm³/mol. The summed E-state index contributed by atoms with van der Waals surface area (Å²) in [6.45, 7) is 6.70. The standard InChI is InChI=1S/C13H24N2O4/c1-3-19-6-4-5-14-13(18)15-8-10(2)7-11(9-15)12(16)17/h10-11H,3-9H2,1-2H3,(H,14,18)(H,16,17). The lowest BCUT2D eigenvalue weighted by atomic mass is 9.91. The summed E-state index contributed by atoms with van der Waals surface area (Å²) in [6.07, 6.45) is 1.41. The summed E-state index contributed by atoms with van der Waals surface area (Å²) in [5, 5.41) is 11.9. The second kappa shape index (κ2) is 7.99. The molecule has 110 valence electrons. The number of nitrogens with one attached hydrogen (secondary N) is 1. The summed E-state index contributed by atoms with van der Waals surface area (Å²) in [4.78, 5) is 24.6. The molecule has 6 nitrogen and oxygen atoms in total. The van der Waals surface area contributed by atoms with Crippen molar-refractivity contribution in [3.63, 3.8) is 0 Å². The number of hydrogen-bond donors (Lipinski definition) is 2. The molecule has 1 rings (SSSR count). The molecule has 2 atom stereocenters. The van der Waals surface area contributed by atoms with Crippen LogP contribution in [0, 0.1) is 11.8 Å². The van der Waals surface area contributed by atoms with Gasteiger partial charge in [-0.1, -0.05) is 6.92 Å². The van der Waals surface area contributed by atoms with Gasteiger partial charge in [0.05, 0.1) is 5.92 Å². The summed E-state index contributed by atoms with van der Waals surface area (Å²) in [6, 6.07) is -0.172. The molecule has 1 fully saturated rings. The number of aliphatic carboxylic acids is 1. The van der Waals surface area contributed by atoms with Crippen molar-refractivity contribution in [1.82, 2.24) is 10.2 Å². The van der Waals surface area contributed by atoms with E-state index in [1.165, 1.54) is 0 Å². The molecule has 0 saturated carbocycles. The molecule has 2 amide bonds. The highest BCUT2D eigenvalue weighted by molar-refractivity contribution is 5.76. The Bertz CT molecular complexity index is 309. The molecule has 0 aromatic heterocycles. The van der Waals surface area contributed by atoms with Gasteiger partial charge in [0.1, 0.15) is 0 Å². The fourth-order valence-electron chi connectivity index (χ4n) is 2.32. The number of carboxylic acid groups (broad SMARTS) is 1. The molecule has 6 heteroatoms. The average Bonchev–Trinajstić information content (AvgIpc) is 2.37. The molecule has 0 radical (unpaired) electrons. The van der Waals surface area contributed by atoms with E-state index < -0.39 is 11.9 Å². The number of ether oxygens (including phenoxy) is 1. The van der Waals surface area contributed by atoms with E-state index in [1.54, 1.807) is 4.90 Å². The third-order valence-electron chi connectivity index (χ3n) is 3.24. The van der Waals surface area contributed by atoms with Crippen molar-refractivity contribution in [3.8, 4) is 0 Å². The Morgan fingerprint density at radius 1 is 1.42 bits per heavy atom. The number of carboxylic acids is 1. The summed E-state index contributed by atoms with van der Waals surface area (Å²) >= 11 is 0. The lowest BCUT2D eigenvalue weighted by Crippen LogP contribution is -2.49. The molecule has 0 bridgehead atoms. The van der Waals surface area contributed by atoms with E-state index in [0.717, 1.165) is 6.42 Å². The highest BCUT2D eigenvalue weighted by Gasteiger charge is 2.31. The van der Waals surface area contributed by atoms with Gasteiger partial charge >= 0.3 is 12.0 Å². The van der Waals surface area contributed by atoms with Crippen molar-refractivity contribution < 1.29 is 19.4 Å². The van der Waals surface area contributed by atoms with E-state index in [9.17, 15) is 9.59 Å². The minimum absolute atomic E-state index is 0.172. The van der Waals surface area contributed by atoms with Crippen LogP contribution in [-0.2, 0) is 9.53 Å². The van der Waals surface area contributed by atoms with Gasteiger partial charge in [0.15, 0.2) is 0 Å². The van der Waals surface area contributed by atoms with E-state index in [1.807, 2.05) is 13.8 Å². The molecule has 1 aliphatic heterocycles. The van der Waals surface area contributed by atoms with Crippen molar-refractivity contribution in [2.24, 2.45) is 11.8 Å². The van der Waals surface area contributed by atoms with E-state index in [0.29, 0.717) is 39.3 Å². The van der Waals surface area contributed by atoms with Gasteiger partial charge in [-0.3, -0.25) is 4.79 Å². The Balaban J connectivity index is 2.32. The van der Waals surface area contributed by atoms with Gasteiger partial charge in [-0.2, -0.15) is 0 Å². The van der Waals surface area contributed by atoms with Crippen LogP contribution in [-0.4, -0.2) is 54.9 Å². The summed E-state index contributed by atoms with van der Waals surface area (Å²) in [7, 11) is 0. The molecule has 1 aliphatic rings. The quantitative estimate of drug-likeness (QED) is 0.711. The first-order valence-corrected chi connectivity index (χ1v) is 6.87. The summed E-state index contributed by atoms with van der Waals surface area (Å²) in [5.41, 5.74) is 0. The predicted octanol–water partition coefficient (Wildman–Crippen LogP) is 1.17. The summed E-state index contributed by atoms with van der Waals surface area (Å²) in [5.74, 6) is -1.04. The van der Waals surface area contributed by atoms with E-state index in [2.05, 4.69) is 5.32 Å². The average molecular weight is 272 g/mol. The topological polar surface area (TPSA) is 78.9 Å². The molecule has 0 spiro atoms. The third kappa shape index (κ3) is 5.46. The Morgan fingerprint density at radius 2 is 2.16 bits per heavy atom. The molecule has 1 heterocycles. The van der Waals surface area contributed by atoms with E-state index in [4.69, 9.17) is 9.84 Å². The molecule has 2 N–H and O–H groups in total. The van der Waals surface area contributed by atoms with Crippen LogP contribution in [0.2, 0.25) is 0 Å². The lowest BCUT2D eigenvalue weighted by molar-refractivity contribution is -0.143. The number of rotatable bonds is 6. The second-order valence-corrected chi connectivity index (χ2v) is 5.06. The first-order chi connectivity index (χ1) is 9.04. The van der Waals surface area contributed by atoms with Crippen LogP contribution in [0.4, 0.5) is 4.79 Å². The number of amides is 2. The first kappa shape index (κ1) is 15.8. The Morgan fingerprint density at radius 3 is 2.79 bits per heavy atom. The Kier molecular flexibility index (Phi) is 6.62. The monoisotopic (exact) mass is 272 g/mol. The van der Waals surface area contributed by atoms with Crippen molar-refractivity contribution >= 4 is 12.0 Å². The van der Waals surface area contributed by atoms with Crippen molar-refractivity contribution in [2.45, 2.75) is 26.7 Å². The van der Waals surface area contributed by atoms with Crippen LogP contribution >= 0.6 is 0 Å². The fourth-order valence-corrected chi connectivity index (χ4v) is 2.32. The van der Waals surface area contributed by atoms with Gasteiger partial charge in [-0.25, -0.2) is 4.79 Å². The van der Waals surface area contributed by atoms with Crippen LogP contribution in [0.15, 0.2) is 0 Å². The maximum absolute atomic E-state index is 11.9. The molecule has 0 aliphatic carbocycles. The minimum atomic E-state index is -0.819. The number of carbonyl (C=O) groups excluding carboxylic acids is 1. The van der Waals surface area contributed by atoms with E-state index >= 15 is 0 Å². The van der Waals surface area contributed by atoms with Crippen LogP contribution in [0.3, 0.4) is 0 Å².